The lowest BCUT2D eigenvalue weighted by atomic mass is 10.1. The topological polar surface area (TPSA) is 58.6 Å². The lowest BCUT2D eigenvalue weighted by Gasteiger charge is -2.24. The van der Waals surface area contributed by atoms with Gasteiger partial charge in [0.2, 0.25) is 5.91 Å². The van der Waals surface area contributed by atoms with Crippen LogP contribution in [0, 0.1) is 0 Å². The van der Waals surface area contributed by atoms with E-state index in [1.165, 1.54) is 5.56 Å². The van der Waals surface area contributed by atoms with Crippen molar-refractivity contribution >= 4 is 23.6 Å². The molecular formula is C28H30N2O3S. The molecule has 0 unspecified atom stereocenters. The lowest BCUT2D eigenvalue weighted by molar-refractivity contribution is -0.128. The van der Waals surface area contributed by atoms with E-state index in [9.17, 15) is 9.59 Å². The molecule has 3 aromatic carbocycles. The molecule has 176 valence electrons. The van der Waals surface area contributed by atoms with Crippen molar-refractivity contribution in [3.8, 4) is 5.75 Å². The summed E-state index contributed by atoms with van der Waals surface area (Å²) in [6.45, 7) is 5.23. The van der Waals surface area contributed by atoms with Gasteiger partial charge in [0, 0.05) is 12.1 Å². The molecule has 1 N–H and O–H groups in total. The monoisotopic (exact) mass is 474 g/mol. The van der Waals surface area contributed by atoms with Crippen LogP contribution >= 0.6 is 11.8 Å². The summed E-state index contributed by atoms with van der Waals surface area (Å²) in [5, 5.41) is 3.04. The number of benzene rings is 3. The molecule has 2 amide bonds. The van der Waals surface area contributed by atoms with E-state index < -0.39 is 0 Å². The van der Waals surface area contributed by atoms with Crippen molar-refractivity contribution in [3.05, 3.63) is 101 Å². The van der Waals surface area contributed by atoms with Crippen molar-refractivity contribution in [2.24, 2.45) is 0 Å². The number of carbonyl (C=O) groups is 2. The lowest BCUT2D eigenvalue weighted by Crippen LogP contribution is -2.30. The molecule has 4 rings (SSSR count). The van der Waals surface area contributed by atoms with Crippen LogP contribution < -0.4 is 10.1 Å². The number of carbonyl (C=O) groups excluding carboxylic acids is 2. The van der Waals surface area contributed by atoms with E-state index in [1.807, 2.05) is 85.5 Å². The maximum absolute atomic E-state index is 12.8. The van der Waals surface area contributed by atoms with Gasteiger partial charge < -0.3 is 15.0 Å². The predicted octanol–water partition coefficient (Wildman–Crippen LogP) is 5.39. The van der Waals surface area contributed by atoms with Crippen LogP contribution in [0.2, 0.25) is 0 Å². The van der Waals surface area contributed by atoms with E-state index in [-0.39, 0.29) is 23.2 Å². The van der Waals surface area contributed by atoms with Crippen molar-refractivity contribution in [3.63, 3.8) is 0 Å². The Labute approximate surface area is 205 Å². The van der Waals surface area contributed by atoms with E-state index in [4.69, 9.17) is 4.74 Å². The highest BCUT2D eigenvalue weighted by molar-refractivity contribution is 8.00. The molecule has 3 aromatic rings. The van der Waals surface area contributed by atoms with Gasteiger partial charge in [-0.15, -0.1) is 11.8 Å². The summed E-state index contributed by atoms with van der Waals surface area (Å²) in [6.07, 6.45) is 0.827. The molecule has 1 heterocycles. The van der Waals surface area contributed by atoms with E-state index in [2.05, 4.69) is 17.4 Å². The van der Waals surface area contributed by atoms with Gasteiger partial charge in [-0.2, -0.15) is 0 Å². The normalized spacial score (nSPS) is 16.4. The van der Waals surface area contributed by atoms with Gasteiger partial charge in [-0.05, 0) is 61.2 Å². The molecule has 0 radical (unpaired) electrons. The van der Waals surface area contributed by atoms with Gasteiger partial charge >= 0.3 is 0 Å². The molecule has 5 nitrogen and oxygen atoms in total. The van der Waals surface area contributed by atoms with Crippen LogP contribution in [0.4, 0.5) is 0 Å². The average Bonchev–Trinajstić information content (AvgIpc) is 3.24. The summed E-state index contributed by atoms with van der Waals surface area (Å²) in [6, 6.07) is 25.5. The Kier molecular flexibility index (Phi) is 7.91. The number of rotatable bonds is 9. The number of nitrogens with zero attached hydrogens (tertiary/aromatic N) is 1. The Morgan fingerprint density at radius 3 is 2.44 bits per heavy atom. The fraction of sp³-hybridized carbons (Fsp3) is 0.286. The summed E-state index contributed by atoms with van der Waals surface area (Å²) < 4.78 is 5.48. The van der Waals surface area contributed by atoms with Gasteiger partial charge in [0.25, 0.3) is 5.91 Å². The van der Waals surface area contributed by atoms with Crippen molar-refractivity contribution in [1.29, 1.82) is 0 Å². The summed E-state index contributed by atoms with van der Waals surface area (Å²) in [4.78, 5) is 27.2. The summed E-state index contributed by atoms with van der Waals surface area (Å²) in [7, 11) is 0. The quantitative estimate of drug-likeness (QED) is 0.452. The minimum Gasteiger partial charge on any atom is -0.494 e. The Hall–Kier alpha value is -3.25. The van der Waals surface area contributed by atoms with E-state index >= 15 is 0 Å². The maximum atomic E-state index is 12.8. The summed E-state index contributed by atoms with van der Waals surface area (Å²) in [5.74, 6) is 1.35. The number of hydrogen-bond donors (Lipinski definition) is 1. The van der Waals surface area contributed by atoms with E-state index in [0.29, 0.717) is 24.5 Å². The van der Waals surface area contributed by atoms with Gasteiger partial charge in [-0.3, -0.25) is 9.59 Å². The van der Waals surface area contributed by atoms with Crippen LogP contribution in [-0.4, -0.2) is 35.6 Å². The second kappa shape index (κ2) is 11.3. The third-order valence-corrected chi connectivity index (χ3v) is 7.21. The highest BCUT2D eigenvalue weighted by Gasteiger charge is 2.32. The molecule has 0 aliphatic carbocycles. The number of amides is 2. The summed E-state index contributed by atoms with van der Waals surface area (Å²) >= 11 is 1.64. The molecule has 1 aliphatic rings. The fourth-order valence-electron chi connectivity index (χ4n) is 4.05. The average molecular weight is 475 g/mol. The van der Waals surface area contributed by atoms with Crippen LogP contribution in [0.3, 0.4) is 0 Å². The van der Waals surface area contributed by atoms with Gasteiger partial charge in [0.05, 0.1) is 18.4 Å². The largest absolute Gasteiger partial charge is 0.494 e. The number of thioether (sulfide) groups is 1. The maximum Gasteiger partial charge on any atom is 0.251 e. The first-order chi connectivity index (χ1) is 16.5. The third-order valence-electron chi connectivity index (χ3n) is 5.95. The number of nitrogens with one attached hydrogen (secondary N) is 1. The molecule has 1 fully saturated rings. The van der Waals surface area contributed by atoms with Crippen molar-refractivity contribution in [2.75, 3.05) is 18.9 Å². The first kappa shape index (κ1) is 23.9. The Morgan fingerprint density at radius 1 is 1.06 bits per heavy atom. The summed E-state index contributed by atoms with van der Waals surface area (Å²) in [5.41, 5.74) is 3.88. The van der Waals surface area contributed by atoms with E-state index in [0.717, 1.165) is 23.3 Å². The molecule has 0 saturated carbocycles. The minimum atomic E-state index is -0.126. The standard InChI is InChI=1S/C28H30N2O3S/c1-3-33-25-15-13-22(14-16-25)20(2)29-27(32)23-9-11-24(12-10-23)28-30(26(31)19-34-28)18-17-21-7-5-4-6-8-21/h4-16,20,28H,3,17-19H2,1-2H3,(H,29,32)/t20-,28+/m1/s1. The molecule has 2 atom stereocenters. The van der Waals surface area contributed by atoms with Crippen molar-refractivity contribution in [1.82, 2.24) is 10.2 Å². The van der Waals surface area contributed by atoms with Crippen LogP contribution in [0.25, 0.3) is 0 Å². The Morgan fingerprint density at radius 2 is 1.76 bits per heavy atom. The smallest absolute Gasteiger partial charge is 0.251 e. The van der Waals surface area contributed by atoms with Gasteiger partial charge in [0.1, 0.15) is 11.1 Å². The number of hydrogen-bond acceptors (Lipinski definition) is 4. The predicted molar refractivity (Wildman–Crippen MR) is 137 cm³/mol. The highest BCUT2D eigenvalue weighted by Crippen LogP contribution is 2.38. The Bertz CT molecular complexity index is 1100. The molecule has 1 aliphatic heterocycles. The molecule has 0 aromatic heterocycles. The van der Waals surface area contributed by atoms with Crippen molar-refractivity contribution < 1.29 is 14.3 Å². The van der Waals surface area contributed by atoms with Crippen LogP contribution in [0.15, 0.2) is 78.9 Å². The first-order valence-electron chi connectivity index (χ1n) is 11.6. The second-order valence-electron chi connectivity index (χ2n) is 8.31. The zero-order valence-electron chi connectivity index (χ0n) is 19.6. The van der Waals surface area contributed by atoms with Crippen LogP contribution in [-0.2, 0) is 11.2 Å². The third kappa shape index (κ3) is 5.81. The molecule has 0 bridgehead atoms. The van der Waals surface area contributed by atoms with Gasteiger partial charge in [-0.1, -0.05) is 54.6 Å². The minimum absolute atomic E-state index is 0.0175. The SMILES string of the molecule is CCOc1ccc([C@@H](C)NC(=O)c2ccc([C@@H]3SCC(=O)N3CCc3ccccc3)cc2)cc1. The first-order valence-corrected chi connectivity index (χ1v) is 12.7. The molecule has 1 saturated heterocycles. The van der Waals surface area contributed by atoms with Crippen molar-refractivity contribution in [2.45, 2.75) is 31.7 Å². The number of ether oxygens (including phenoxy) is 1. The molecule has 6 heteroatoms. The highest BCUT2D eigenvalue weighted by atomic mass is 32.2. The van der Waals surface area contributed by atoms with Gasteiger partial charge in [0.15, 0.2) is 0 Å². The fourth-order valence-corrected chi connectivity index (χ4v) is 5.27. The zero-order valence-corrected chi connectivity index (χ0v) is 20.4. The van der Waals surface area contributed by atoms with Crippen LogP contribution in [0.1, 0.15) is 52.3 Å². The molecule has 34 heavy (non-hydrogen) atoms. The second-order valence-corrected chi connectivity index (χ2v) is 9.37. The van der Waals surface area contributed by atoms with Crippen LogP contribution in [0.5, 0.6) is 5.75 Å². The molecule has 0 spiro atoms. The molecular weight excluding hydrogens is 444 g/mol. The Balaban J connectivity index is 1.37. The zero-order chi connectivity index (χ0) is 23.9. The van der Waals surface area contributed by atoms with Gasteiger partial charge in [-0.25, -0.2) is 0 Å². The van der Waals surface area contributed by atoms with E-state index in [1.54, 1.807) is 11.8 Å².